The van der Waals surface area contributed by atoms with Gasteiger partial charge in [-0.2, -0.15) is 8.78 Å². The monoisotopic (exact) mass is 770 g/mol. The zero-order valence-electron chi connectivity index (χ0n) is 32.0. The zero-order chi connectivity index (χ0) is 39.2. The standard InChI is InChI=1S/C49H48F2O6/c1-35-22-25-41(29-42(35)28-36-23-26-43(27-24-36)56-49(50)51)45-47(54-32-39-18-10-4-11-19-39)48(55-33-40-20-12-5-13-21-40)46(53-31-38-16-8-3-9-17-38)44(57-45)34-52-30-37-14-6-2-7-15-37/h2-27,29,44-49H,28,30-34H2,1H3/t44-,45+,46-,47+,48+/m1/s1. The minimum atomic E-state index is -2.88. The molecule has 5 atom stereocenters. The van der Waals surface area contributed by atoms with Crippen molar-refractivity contribution >= 4 is 0 Å². The molecule has 0 spiro atoms. The summed E-state index contributed by atoms with van der Waals surface area (Å²) in [5.74, 6) is 0.124. The van der Waals surface area contributed by atoms with Gasteiger partial charge in [0.15, 0.2) is 0 Å². The summed E-state index contributed by atoms with van der Waals surface area (Å²) in [6.45, 7) is 0.890. The Balaban J connectivity index is 1.24. The molecule has 8 heteroatoms. The van der Waals surface area contributed by atoms with Crippen LogP contribution in [0.3, 0.4) is 0 Å². The number of aryl methyl sites for hydroxylation is 1. The molecule has 1 aliphatic heterocycles. The van der Waals surface area contributed by atoms with Gasteiger partial charge in [0.25, 0.3) is 0 Å². The molecule has 57 heavy (non-hydrogen) atoms. The summed E-state index contributed by atoms with van der Waals surface area (Å²) in [6, 6.07) is 53.5. The largest absolute Gasteiger partial charge is 0.435 e. The van der Waals surface area contributed by atoms with Crippen LogP contribution in [0.5, 0.6) is 5.75 Å². The molecule has 1 fully saturated rings. The molecule has 294 valence electrons. The van der Waals surface area contributed by atoms with E-state index in [1.165, 1.54) is 0 Å². The summed E-state index contributed by atoms with van der Waals surface area (Å²) in [5.41, 5.74) is 8.20. The second-order valence-electron chi connectivity index (χ2n) is 14.3. The average molecular weight is 771 g/mol. The Bertz CT molecular complexity index is 2070. The summed E-state index contributed by atoms with van der Waals surface area (Å²) in [4.78, 5) is 0. The van der Waals surface area contributed by atoms with Crippen LogP contribution in [0.2, 0.25) is 0 Å². The fourth-order valence-electron chi connectivity index (χ4n) is 7.13. The molecule has 1 heterocycles. The van der Waals surface area contributed by atoms with Gasteiger partial charge in [-0.15, -0.1) is 0 Å². The molecular formula is C49H48F2O6. The van der Waals surface area contributed by atoms with Crippen molar-refractivity contribution in [3.63, 3.8) is 0 Å². The van der Waals surface area contributed by atoms with Gasteiger partial charge in [-0.25, -0.2) is 0 Å². The van der Waals surface area contributed by atoms with Crippen LogP contribution < -0.4 is 4.74 Å². The smallest absolute Gasteiger partial charge is 0.387 e. The van der Waals surface area contributed by atoms with Crippen molar-refractivity contribution in [1.82, 2.24) is 0 Å². The number of alkyl halides is 2. The van der Waals surface area contributed by atoms with Gasteiger partial charge in [-0.05, 0) is 70.0 Å². The van der Waals surface area contributed by atoms with Gasteiger partial charge in [0.2, 0.25) is 0 Å². The Morgan fingerprint density at radius 2 is 1.02 bits per heavy atom. The summed E-state index contributed by atoms with van der Waals surface area (Å²) in [7, 11) is 0. The van der Waals surface area contributed by atoms with Crippen molar-refractivity contribution in [2.24, 2.45) is 0 Å². The lowest BCUT2D eigenvalue weighted by atomic mass is 9.88. The van der Waals surface area contributed by atoms with E-state index < -0.39 is 37.1 Å². The Morgan fingerprint density at radius 3 is 1.54 bits per heavy atom. The molecule has 0 aliphatic carbocycles. The lowest BCUT2D eigenvalue weighted by Crippen LogP contribution is -2.58. The van der Waals surface area contributed by atoms with Gasteiger partial charge in [-0.1, -0.05) is 152 Å². The van der Waals surface area contributed by atoms with E-state index in [0.717, 1.165) is 44.5 Å². The van der Waals surface area contributed by atoms with E-state index in [1.807, 2.05) is 121 Å². The lowest BCUT2D eigenvalue weighted by molar-refractivity contribution is -0.275. The van der Waals surface area contributed by atoms with Crippen molar-refractivity contribution in [3.8, 4) is 5.75 Å². The van der Waals surface area contributed by atoms with Crippen LogP contribution in [0.15, 0.2) is 164 Å². The molecule has 0 N–H and O–H groups in total. The Kier molecular flexibility index (Phi) is 14.2. The highest BCUT2D eigenvalue weighted by Gasteiger charge is 2.49. The number of halogens is 2. The van der Waals surface area contributed by atoms with Crippen molar-refractivity contribution in [1.29, 1.82) is 0 Å². The predicted octanol–water partition coefficient (Wildman–Crippen LogP) is 10.6. The highest BCUT2D eigenvalue weighted by molar-refractivity contribution is 5.38. The van der Waals surface area contributed by atoms with Crippen molar-refractivity contribution < 1.29 is 37.2 Å². The van der Waals surface area contributed by atoms with E-state index in [0.29, 0.717) is 32.8 Å². The molecule has 6 nitrogen and oxygen atoms in total. The first-order valence-corrected chi connectivity index (χ1v) is 19.4. The van der Waals surface area contributed by atoms with Gasteiger partial charge in [0, 0.05) is 0 Å². The van der Waals surface area contributed by atoms with Gasteiger partial charge in [-0.3, -0.25) is 0 Å². The summed E-state index contributed by atoms with van der Waals surface area (Å²) in [5, 5.41) is 0. The van der Waals surface area contributed by atoms with Gasteiger partial charge < -0.3 is 28.4 Å². The molecular weight excluding hydrogens is 723 g/mol. The van der Waals surface area contributed by atoms with Crippen LogP contribution in [-0.2, 0) is 56.5 Å². The number of hydrogen-bond donors (Lipinski definition) is 0. The van der Waals surface area contributed by atoms with E-state index in [2.05, 4.69) is 42.0 Å². The second-order valence-corrected chi connectivity index (χ2v) is 14.3. The van der Waals surface area contributed by atoms with Crippen LogP contribution in [0.4, 0.5) is 8.78 Å². The predicted molar refractivity (Wildman–Crippen MR) is 216 cm³/mol. The van der Waals surface area contributed by atoms with Crippen molar-refractivity contribution in [3.05, 3.63) is 208 Å². The molecule has 1 saturated heterocycles. The summed E-state index contributed by atoms with van der Waals surface area (Å²) in [6.07, 6.45) is -2.20. The molecule has 1 aliphatic rings. The molecule has 0 aromatic heterocycles. The minimum absolute atomic E-state index is 0.124. The third-order valence-corrected chi connectivity index (χ3v) is 10.1. The molecule has 6 aromatic rings. The SMILES string of the molecule is Cc1ccc([C@@H]2O[C@H](COCc3ccccc3)[C@@H](OCc3ccccc3)[C@H](OCc3ccccc3)[C@H]2OCc2ccccc2)cc1Cc1ccc(OC(F)F)cc1. The number of hydrogen-bond acceptors (Lipinski definition) is 6. The maximum absolute atomic E-state index is 12.8. The second kappa shape index (κ2) is 20.3. The van der Waals surface area contributed by atoms with Crippen LogP contribution in [0.25, 0.3) is 0 Å². The van der Waals surface area contributed by atoms with Crippen LogP contribution in [-0.4, -0.2) is 37.6 Å². The summed E-state index contributed by atoms with van der Waals surface area (Å²) < 4.78 is 64.5. The highest BCUT2D eigenvalue weighted by Crippen LogP contribution is 2.39. The quantitative estimate of drug-likeness (QED) is 0.0868. The number of ether oxygens (including phenoxy) is 6. The van der Waals surface area contributed by atoms with Gasteiger partial charge in [0.05, 0.1) is 33.0 Å². The first kappa shape index (κ1) is 40.0. The zero-order valence-corrected chi connectivity index (χ0v) is 32.0. The first-order chi connectivity index (χ1) is 28.0. The third kappa shape index (κ3) is 11.4. The lowest BCUT2D eigenvalue weighted by Gasteiger charge is -2.46. The van der Waals surface area contributed by atoms with E-state index in [1.54, 1.807) is 12.1 Å². The molecule has 7 rings (SSSR count). The highest BCUT2D eigenvalue weighted by atomic mass is 19.3. The molecule has 6 aromatic carbocycles. The van der Waals surface area contributed by atoms with Crippen LogP contribution in [0.1, 0.15) is 50.6 Å². The third-order valence-electron chi connectivity index (χ3n) is 10.1. The maximum Gasteiger partial charge on any atom is 0.387 e. The number of benzene rings is 6. The fourth-order valence-corrected chi connectivity index (χ4v) is 7.13. The normalized spacial score (nSPS) is 19.4. The van der Waals surface area contributed by atoms with Crippen LogP contribution >= 0.6 is 0 Å². The van der Waals surface area contributed by atoms with E-state index in [-0.39, 0.29) is 12.4 Å². The first-order valence-electron chi connectivity index (χ1n) is 19.4. The number of rotatable bonds is 18. The fraction of sp³-hybridized carbons (Fsp3) is 0.265. The molecule has 0 saturated carbocycles. The maximum atomic E-state index is 12.8. The Labute approximate surface area is 333 Å². The average Bonchev–Trinajstić information content (AvgIpc) is 3.24. The minimum Gasteiger partial charge on any atom is -0.435 e. The molecule has 0 bridgehead atoms. The van der Waals surface area contributed by atoms with Crippen molar-refractivity contribution in [2.75, 3.05) is 6.61 Å². The Hall–Kier alpha value is -5.22. The van der Waals surface area contributed by atoms with E-state index >= 15 is 0 Å². The van der Waals surface area contributed by atoms with Crippen LogP contribution in [0, 0.1) is 6.92 Å². The Morgan fingerprint density at radius 1 is 0.526 bits per heavy atom. The summed E-state index contributed by atoms with van der Waals surface area (Å²) >= 11 is 0. The van der Waals surface area contributed by atoms with E-state index in [4.69, 9.17) is 23.7 Å². The molecule has 0 unspecified atom stereocenters. The topological polar surface area (TPSA) is 55.4 Å². The molecule has 0 radical (unpaired) electrons. The van der Waals surface area contributed by atoms with Gasteiger partial charge >= 0.3 is 6.61 Å². The van der Waals surface area contributed by atoms with Crippen molar-refractivity contribution in [2.45, 2.75) is 76.9 Å². The molecule has 0 amide bonds. The van der Waals surface area contributed by atoms with Gasteiger partial charge in [0.1, 0.15) is 36.3 Å². The van der Waals surface area contributed by atoms with E-state index in [9.17, 15) is 8.78 Å².